The molecule has 1 N–H and O–H groups in total. The monoisotopic (exact) mass is 447 g/mol. The van der Waals surface area contributed by atoms with E-state index in [4.69, 9.17) is 0 Å². The molecule has 4 rings (SSSR count). The summed E-state index contributed by atoms with van der Waals surface area (Å²) in [5.41, 5.74) is 1.80. The van der Waals surface area contributed by atoms with Gasteiger partial charge in [-0.3, -0.25) is 4.79 Å². The van der Waals surface area contributed by atoms with Crippen molar-refractivity contribution in [1.29, 1.82) is 0 Å². The average molecular weight is 448 g/mol. The lowest BCUT2D eigenvalue weighted by Crippen LogP contribution is -2.43. The molecule has 2 aromatic heterocycles. The fourth-order valence-electron chi connectivity index (χ4n) is 3.33. The first-order valence-corrected chi connectivity index (χ1v) is 12.5. The molecule has 0 saturated carbocycles. The van der Waals surface area contributed by atoms with Crippen LogP contribution in [-0.2, 0) is 14.8 Å². The van der Waals surface area contributed by atoms with Crippen molar-refractivity contribution in [2.75, 3.05) is 18.4 Å². The molecule has 29 heavy (non-hydrogen) atoms. The van der Waals surface area contributed by atoms with Crippen molar-refractivity contribution in [3.05, 3.63) is 52.7 Å². The molecule has 1 unspecified atom stereocenters. The summed E-state index contributed by atoms with van der Waals surface area (Å²) in [5, 5.41) is 5.30. The molecule has 0 aliphatic carbocycles. The summed E-state index contributed by atoms with van der Waals surface area (Å²) in [6.45, 7) is 2.52. The summed E-state index contributed by atoms with van der Waals surface area (Å²) in [6.07, 6.45) is 1.33. The first kappa shape index (κ1) is 20.2. The van der Waals surface area contributed by atoms with Crippen LogP contribution in [0.1, 0.15) is 17.7 Å². The molecular formula is C20H21N3O3S3. The van der Waals surface area contributed by atoms with E-state index in [-0.39, 0.29) is 18.4 Å². The van der Waals surface area contributed by atoms with E-state index in [2.05, 4.69) is 10.3 Å². The van der Waals surface area contributed by atoms with E-state index in [0.717, 1.165) is 16.1 Å². The largest absolute Gasteiger partial charge is 0.302 e. The van der Waals surface area contributed by atoms with E-state index < -0.39 is 10.0 Å². The van der Waals surface area contributed by atoms with Crippen LogP contribution in [0.15, 0.2) is 52.1 Å². The number of aromatic nitrogens is 1. The molecule has 6 nitrogen and oxygen atoms in total. The number of thiazole rings is 1. The van der Waals surface area contributed by atoms with Crippen LogP contribution in [0.25, 0.3) is 11.3 Å². The SMILES string of the molecule is Cc1ccc(S(=O)(=O)N2CCCC(C(=O)Nc3nc(-c4ccccc4)cs3)C2)s1. The highest BCUT2D eigenvalue weighted by atomic mass is 32.2. The van der Waals surface area contributed by atoms with Crippen molar-refractivity contribution in [3.63, 3.8) is 0 Å². The van der Waals surface area contributed by atoms with Crippen molar-refractivity contribution >= 4 is 43.7 Å². The van der Waals surface area contributed by atoms with Crippen LogP contribution < -0.4 is 5.32 Å². The molecular weight excluding hydrogens is 426 g/mol. The van der Waals surface area contributed by atoms with E-state index in [9.17, 15) is 13.2 Å². The number of hydrogen-bond donors (Lipinski definition) is 1. The highest BCUT2D eigenvalue weighted by Gasteiger charge is 2.34. The minimum absolute atomic E-state index is 0.179. The van der Waals surface area contributed by atoms with Crippen molar-refractivity contribution in [2.24, 2.45) is 5.92 Å². The second-order valence-corrected chi connectivity index (χ2v) is 11.3. The lowest BCUT2D eigenvalue weighted by atomic mass is 9.99. The Bertz CT molecular complexity index is 1110. The van der Waals surface area contributed by atoms with Crippen molar-refractivity contribution in [2.45, 2.75) is 24.0 Å². The number of anilines is 1. The second-order valence-electron chi connectivity index (χ2n) is 6.96. The number of nitrogens with one attached hydrogen (secondary N) is 1. The average Bonchev–Trinajstić information content (AvgIpc) is 3.38. The van der Waals surface area contributed by atoms with Gasteiger partial charge in [0.05, 0.1) is 11.6 Å². The zero-order valence-corrected chi connectivity index (χ0v) is 18.3. The maximum absolute atomic E-state index is 12.9. The zero-order valence-electron chi connectivity index (χ0n) is 15.9. The Morgan fingerprint density at radius 1 is 1.21 bits per heavy atom. The number of amides is 1. The molecule has 152 valence electrons. The number of thiophene rings is 1. The summed E-state index contributed by atoms with van der Waals surface area (Å²) in [6, 6.07) is 13.2. The van der Waals surface area contributed by atoms with Crippen LogP contribution in [0.2, 0.25) is 0 Å². The Balaban J connectivity index is 1.44. The number of benzene rings is 1. The quantitative estimate of drug-likeness (QED) is 0.635. The topological polar surface area (TPSA) is 79.4 Å². The van der Waals surface area contributed by atoms with Gasteiger partial charge >= 0.3 is 0 Å². The number of hydrogen-bond acceptors (Lipinski definition) is 6. The van der Waals surface area contributed by atoms with E-state index in [1.54, 1.807) is 12.1 Å². The standard InChI is InChI=1S/C20H21N3O3S3/c1-14-9-10-18(28-14)29(25,26)23-11-5-8-16(12-23)19(24)22-20-21-17(13-27-20)15-6-3-2-4-7-15/h2-4,6-7,9-10,13,16H,5,8,11-12H2,1H3,(H,21,22,24). The van der Waals surface area contributed by atoms with Crippen molar-refractivity contribution in [3.8, 4) is 11.3 Å². The van der Waals surface area contributed by atoms with Gasteiger partial charge in [0.2, 0.25) is 5.91 Å². The Labute approximate surface area is 178 Å². The highest BCUT2D eigenvalue weighted by molar-refractivity contribution is 7.91. The van der Waals surface area contributed by atoms with Gasteiger partial charge in [-0.1, -0.05) is 30.3 Å². The fourth-order valence-corrected chi connectivity index (χ4v) is 7.02. The van der Waals surface area contributed by atoms with Crippen LogP contribution in [0.5, 0.6) is 0 Å². The van der Waals surface area contributed by atoms with Gasteiger partial charge in [-0.2, -0.15) is 4.31 Å². The molecule has 0 bridgehead atoms. The Hall–Kier alpha value is -2.07. The minimum Gasteiger partial charge on any atom is -0.302 e. The van der Waals surface area contributed by atoms with Crippen molar-refractivity contribution in [1.82, 2.24) is 9.29 Å². The third-order valence-corrected chi connectivity index (χ3v) is 8.96. The Kier molecular flexibility index (Phi) is 5.82. The van der Waals surface area contributed by atoms with Gasteiger partial charge < -0.3 is 5.32 Å². The lowest BCUT2D eigenvalue weighted by molar-refractivity contribution is -0.120. The molecule has 0 spiro atoms. The molecule has 1 aliphatic rings. The van der Waals surface area contributed by atoms with Gasteiger partial charge in [0.1, 0.15) is 4.21 Å². The maximum Gasteiger partial charge on any atom is 0.252 e. The van der Waals surface area contributed by atoms with Crippen LogP contribution in [0.3, 0.4) is 0 Å². The molecule has 0 radical (unpaired) electrons. The molecule has 9 heteroatoms. The maximum atomic E-state index is 12.9. The fraction of sp³-hybridized carbons (Fsp3) is 0.300. The number of carbonyl (C=O) groups is 1. The third kappa shape index (κ3) is 4.42. The Morgan fingerprint density at radius 3 is 2.72 bits per heavy atom. The number of sulfonamides is 1. The number of carbonyl (C=O) groups excluding carboxylic acids is 1. The first-order valence-electron chi connectivity index (χ1n) is 9.32. The van der Waals surface area contributed by atoms with E-state index in [0.29, 0.717) is 28.7 Å². The summed E-state index contributed by atoms with van der Waals surface area (Å²) < 4.78 is 27.5. The van der Waals surface area contributed by atoms with Gasteiger partial charge in [0, 0.05) is 28.9 Å². The normalized spacial score (nSPS) is 17.9. The summed E-state index contributed by atoms with van der Waals surface area (Å²) in [4.78, 5) is 18.2. The number of nitrogens with zero attached hydrogens (tertiary/aromatic N) is 2. The highest BCUT2D eigenvalue weighted by Crippen LogP contribution is 2.29. The predicted octanol–water partition coefficient (Wildman–Crippen LogP) is 4.22. The van der Waals surface area contributed by atoms with Crippen LogP contribution in [-0.4, -0.2) is 36.7 Å². The first-order chi connectivity index (χ1) is 13.9. The summed E-state index contributed by atoms with van der Waals surface area (Å²) in [5.74, 6) is -0.565. The van der Waals surface area contributed by atoms with Gasteiger partial charge in [-0.05, 0) is 31.9 Å². The molecule has 1 aliphatic heterocycles. The number of piperidine rings is 1. The lowest BCUT2D eigenvalue weighted by Gasteiger charge is -2.30. The molecule has 1 aromatic carbocycles. The van der Waals surface area contributed by atoms with Gasteiger partial charge in [-0.25, -0.2) is 13.4 Å². The minimum atomic E-state index is -3.55. The van der Waals surface area contributed by atoms with Crippen LogP contribution >= 0.6 is 22.7 Å². The Morgan fingerprint density at radius 2 is 2.00 bits per heavy atom. The molecule has 3 heterocycles. The van der Waals surface area contributed by atoms with E-state index in [1.807, 2.05) is 42.6 Å². The van der Waals surface area contributed by atoms with E-state index in [1.165, 1.54) is 27.0 Å². The molecule has 1 saturated heterocycles. The molecule has 1 fully saturated rings. The van der Waals surface area contributed by atoms with Crippen LogP contribution in [0.4, 0.5) is 5.13 Å². The smallest absolute Gasteiger partial charge is 0.252 e. The van der Waals surface area contributed by atoms with E-state index >= 15 is 0 Å². The second kappa shape index (κ2) is 8.35. The van der Waals surface area contributed by atoms with Gasteiger partial charge in [-0.15, -0.1) is 22.7 Å². The third-order valence-electron chi connectivity index (χ3n) is 4.87. The number of rotatable bonds is 5. The molecule has 1 amide bonds. The number of aryl methyl sites for hydroxylation is 1. The predicted molar refractivity (Wildman–Crippen MR) is 117 cm³/mol. The summed E-state index contributed by atoms with van der Waals surface area (Å²) in [7, 11) is -3.55. The van der Waals surface area contributed by atoms with Gasteiger partial charge in [0.15, 0.2) is 5.13 Å². The zero-order chi connectivity index (χ0) is 20.4. The summed E-state index contributed by atoms with van der Waals surface area (Å²) >= 11 is 2.63. The molecule has 3 aromatic rings. The van der Waals surface area contributed by atoms with Crippen molar-refractivity contribution < 1.29 is 13.2 Å². The van der Waals surface area contributed by atoms with Gasteiger partial charge in [0.25, 0.3) is 10.0 Å². The van der Waals surface area contributed by atoms with Crippen LogP contribution in [0, 0.1) is 12.8 Å². The molecule has 1 atom stereocenters.